The van der Waals surface area contributed by atoms with E-state index >= 15 is 0 Å². The van der Waals surface area contributed by atoms with Crippen molar-refractivity contribution in [2.24, 2.45) is 23.7 Å². The number of carbonyl (C=O) groups is 5. The van der Waals surface area contributed by atoms with Crippen molar-refractivity contribution >= 4 is 40.6 Å². The van der Waals surface area contributed by atoms with Crippen LogP contribution >= 0.6 is 0 Å². The number of aromatic nitrogens is 1. The highest BCUT2D eigenvalue weighted by molar-refractivity contribution is 5.95. The molecule has 0 bridgehead atoms. The van der Waals surface area contributed by atoms with Crippen LogP contribution in [-0.4, -0.2) is 78.7 Å². The molecule has 0 spiro atoms. The second kappa shape index (κ2) is 20.2. The van der Waals surface area contributed by atoms with Gasteiger partial charge < -0.3 is 34.9 Å². The summed E-state index contributed by atoms with van der Waals surface area (Å²) in [4.78, 5) is 73.8. The van der Waals surface area contributed by atoms with Crippen molar-refractivity contribution in [2.75, 3.05) is 14.2 Å². The monoisotopic (exact) mass is 814 g/mol. The topological polar surface area (TPSA) is 171 Å². The lowest BCUT2D eigenvalue weighted by Crippen LogP contribution is -2.57. The number of carbonyl (C=O) groups excluding carboxylic acids is 5. The molecule has 5 rings (SSSR count). The summed E-state index contributed by atoms with van der Waals surface area (Å²) >= 11 is 0. The minimum atomic E-state index is -1.01. The summed E-state index contributed by atoms with van der Waals surface area (Å²) in [5.74, 6) is -3.67. The van der Waals surface area contributed by atoms with E-state index in [9.17, 15) is 24.0 Å². The van der Waals surface area contributed by atoms with Crippen molar-refractivity contribution in [1.82, 2.24) is 20.9 Å². The first-order chi connectivity index (χ1) is 28.1. The molecule has 3 amide bonds. The van der Waals surface area contributed by atoms with E-state index in [1.165, 1.54) is 7.11 Å². The van der Waals surface area contributed by atoms with Gasteiger partial charge in [0.2, 0.25) is 17.7 Å². The lowest BCUT2D eigenvalue weighted by molar-refractivity contribution is -0.159. The standard InChI is InChI=1S/C46H62N4O9/c1-9-16-35(44(54)59-46(4,5)6)48-41(51)33-23-31(58-38-26-36(28-17-12-10-13-18-28)47-37-25-30(56-7)21-22-32(37)38)24-34(33)42(52)49-39(27(2)3)43(53)50-40(45(55)57-8)29-19-14-11-15-20-29/h10,12-13,17-18,21-22,25-27,29,31,33-35,39-40H,9,11,14-16,19-20,23-24H2,1-8H3,(H,48,51)(H,49,52)(H,50,53)/t31-,33+,34-,35-,39-,40?/m0/s1. The molecule has 1 heterocycles. The van der Waals surface area contributed by atoms with Crippen LogP contribution in [0.3, 0.4) is 0 Å². The van der Waals surface area contributed by atoms with Gasteiger partial charge in [0.25, 0.3) is 0 Å². The Hall–Kier alpha value is -5.20. The molecule has 0 radical (unpaired) electrons. The first kappa shape index (κ1) is 44.9. The molecule has 3 aromatic rings. The van der Waals surface area contributed by atoms with Crippen molar-refractivity contribution < 1.29 is 42.9 Å². The number of rotatable bonds is 16. The molecule has 2 fully saturated rings. The molecule has 1 aromatic heterocycles. The molecule has 6 atom stereocenters. The Morgan fingerprint density at radius 2 is 1.49 bits per heavy atom. The molecule has 0 saturated heterocycles. The van der Waals surface area contributed by atoms with Crippen LogP contribution in [0.5, 0.6) is 11.5 Å². The summed E-state index contributed by atoms with van der Waals surface area (Å²) in [7, 11) is 2.89. The molecule has 0 aliphatic heterocycles. The second-order valence-electron chi connectivity index (χ2n) is 17.2. The Balaban J connectivity index is 1.45. The Morgan fingerprint density at radius 1 is 0.831 bits per heavy atom. The van der Waals surface area contributed by atoms with E-state index in [2.05, 4.69) is 16.0 Å². The van der Waals surface area contributed by atoms with Gasteiger partial charge in [0.05, 0.1) is 37.3 Å². The zero-order valence-corrected chi connectivity index (χ0v) is 35.8. The lowest BCUT2D eigenvalue weighted by Gasteiger charge is -2.31. The zero-order chi connectivity index (χ0) is 42.9. The Labute approximate surface area is 348 Å². The summed E-state index contributed by atoms with van der Waals surface area (Å²) in [6.07, 6.45) is 5.20. The number of nitrogens with zero attached hydrogens (tertiary/aromatic N) is 1. The first-order valence-corrected chi connectivity index (χ1v) is 21.0. The maximum Gasteiger partial charge on any atom is 0.329 e. The number of pyridine rings is 1. The summed E-state index contributed by atoms with van der Waals surface area (Å²) < 4.78 is 23.0. The van der Waals surface area contributed by atoms with Crippen molar-refractivity contribution in [3.05, 3.63) is 54.6 Å². The van der Waals surface area contributed by atoms with Crippen LogP contribution in [0.25, 0.3) is 22.2 Å². The normalized spacial score (nSPS) is 19.9. The fourth-order valence-corrected chi connectivity index (χ4v) is 8.20. The third kappa shape index (κ3) is 11.7. The molecule has 320 valence electrons. The fourth-order valence-electron chi connectivity index (χ4n) is 8.20. The molecule has 3 N–H and O–H groups in total. The quantitative estimate of drug-likeness (QED) is 0.132. The number of benzene rings is 2. The van der Waals surface area contributed by atoms with E-state index in [-0.39, 0.29) is 24.7 Å². The highest BCUT2D eigenvalue weighted by Crippen LogP contribution is 2.39. The number of amides is 3. The number of esters is 2. The van der Waals surface area contributed by atoms with Crippen LogP contribution in [-0.2, 0) is 33.4 Å². The molecule has 2 saturated carbocycles. The molecule has 2 aromatic carbocycles. The molecule has 2 aliphatic rings. The Morgan fingerprint density at radius 3 is 2.08 bits per heavy atom. The van der Waals surface area contributed by atoms with Crippen LogP contribution in [0, 0.1) is 23.7 Å². The van der Waals surface area contributed by atoms with Crippen LogP contribution < -0.4 is 25.4 Å². The van der Waals surface area contributed by atoms with Gasteiger partial charge in [-0.25, -0.2) is 14.6 Å². The average molecular weight is 815 g/mol. The highest BCUT2D eigenvalue weighted by Gasteiger charge is 2.46. The van der Waals surface area contributed by atoms with Gasteiger partial charge in [-0.15, -0.1) is 0 Å². The number of hydrogen-bond acceptors (Lipinski definition) is 10. The van der Waals surface area contributed by atoms with Gasteiger partial charge in [-0.2, -0.15) is 0 Å². The summed E-state index contributed by atoms with van der Waals surface area (Å²) in [6, 6.07) is 14.3. The molecule has 13 heteroatoms. The minimum Gasteiger partial charge on any atom is -0.497 e. The maximum absolute atomic E-state index is 14.5. The smallest absolute Gasteiger partial charge is 0.329 e. The molecular formula is C46H62N4O9. The predicted octanol–water partition coefficient (Wildman–Crippen LogP) is 6.69. The van der Waals surface area contributed by atoms with Crippen LogP contribution in [0.1, 0.15) is 99.3 Å². The largest absolute Gasteiger partial charge is 0.497 e. The third-order valence-electron chi connectivity index (χ3n) is 11.2. The number of ether oxygens (including phenoxy) is 4. The van der Waals surface area contributed by atoms with Gasteiger partial charge in [-0.1, -0.05) is 76.8 Å². The van der Waals surface area contributed by atoms with Gasteiger partial charge in [0.1, 0.15) is 41.3 Å². The fraction of sp³-hybridized carbons (Fsp3) is 0.565. The molecule has 59 heavy (non-hydrogen) atoms. The van der Waals surface area contributed by atoms with E-state index in [1.807, 2.05) is 75.4 Å². The van der Waals surface area contributed by atoms with E-state index in [1.54, 1.807) is 27.9 Å². The predicted molar refractivity (Wildman–Crippen MR) is 224 cm³/mol. The minimum absolute atomic E-state index is 0.0710. The van der Waals surface area contributed by atoms with Gasteiger partial charge in [0, 0.05) is 23.1 Å². The lowest BCUT2D eigenvalue weighted by atomic mass is 9.83. The maximum atomic E-state index is 14.5. The van der Waals surface area contributed by atoms with Crippen molar-refractivity contribution in [1.29, 1.82) is 0 Å². The van der Waals surface area contributed by atoms with E-state index in [0.29, 0.717) is 35.6 Å². The van der Waals surface area contributed by atoms with Crippen molar-refractivity contribution in [3.8, 4) is 22.8 Å². The van der Waals surface area contributed by atoms with Crippen molar-refractivity contribution in [2.45, 2.75) is 129 Å². The Bertz CT molecular complexity index is 1940. The average Bonchev–Trinajstić information content (AvgIpc) is 3.65. The number of nitrogens with one attached hydrogen (secondary N) is 3. The SMILES string of the molecule is CCC[C@H](NC(=O)[C@@H]1C[C@H](Oc2cc(-c3ccccc3)nc3cc(OC)ccc23)C[C@@H]1C(=O)N[C@H](C(=O)NC(C(=O)OC)C1CCCCC1)C(C)C)C(=O)OC(C)(C)C. The number of fused-ring (bicyclic) bond motifs is 1. The molecule has 1 unspecified atom stereocenters. The van der Waals surface area contributed by atoms with Crippen LogP contribution in [0.2, 0.25) is 0 Å². The Kier molecular flexibility index (Phi) is 15.4. The molecular weight excluding hydrogens is 753 g/mol. The van der Waals surface area contributed by atoms with Gasteiger partial charge >= 0.3 is 11.9 Å². The summed E-state index contributed by atoms with van der Waals surface area (Å²) in [6.45, 7) is 10.8. The van der Waals surface area contributed by atoms with Gasteiger partial charge in [0.15, 0.2) is 0 Å². The number of methoxy groups -OCH3 is 2. The van der Waals surface area contributed by atoms with Gasteiger partial charge in [-0.3, -0.25) is 14.4 Å². The third-order valence-corrected chi connectivity index (χ3v) is 11.2. The summed E-state index contributed by atoms with van der Waals surface area (Å²) in [5, 5.41) is 9.48. The van der Waals surface area contributed by atoms with E-state index in [0.717, 1.165) is 43.1 Å². The van der Waals surface area contributed by atoms with Crippen LogP contribution in [0.15, 0.2) is 54.6 Å². The second-order valence-corrected chi connectivity index (χ2v) is 17.2. The van der Waals surface area contributed by atoms with Gasteiger partial charge in [-0.05, 0) is 76.8 Å². The number of hydrogen-bond donors (Lipinski definition) is 3. The summed E-state index contributed by atoms with van der Waals surface area (Å²) in [5.41, 5.74) is 1.43. The van der Waals surface area contributed by atoms with E-state index in [4.69, 9.17) is 23.9 Å². The highest BCUT2D eigenvalue weighted by atomic mass is 16.6. The zero-order valence-electron chi connectivity index (χ0n) is 35.8. The molecule has 13 nitrogen and oxygen atoms in total. The van der Waals surface area contributed by atoms with Crippen LogP contribution in [0.4, 0.5) is 0 Å². The van der Waals surface area contributed by atoms with E-state index < -0.39 is 71.3 Å². The van der Waals surface area contributed by atoms with Crippen molar-refractivity contribution in [3.63, 3.8) is 0 Å². The first-order valence-electron chi connectivity index (χ1n) is 21.0. The molecule has 2 aliphatic carbocycles.